The lowest BCUT2D eigenvalue weighted by Crippen LogP contribution is -2.50. The number of aliphatic hydroxyl groups is 1. The molecule has 0 aromatic heterocycles. The van der Waals surface area contributed by atoms with Crippen molar-refractivity contribution in [3.8, 4) is 0 Å². The van der Waals surface area contributed by atoms with Gasteiger partial charge in [-0.25, -0.2) is 0 Å². The predicted molar refractivity (Wildman–Crippen MR) is 97.2 cm³/mol. The van der Waals surface area contributed by atoms with Gasteiger partial charge in [0.1, 0.15) is 0 Å². The van der Waals surface area contributed by atoms with Crippen LogP contribution >= 0.6 is 0 Å². The van der Waals surface area contributed by atoms with Gasteiger partial charge in [0.25, 0.3) is 0 Å². The summed E-state index contributed by atoms with van der Waals surface area (Å²) in [6, 6.07) is 4.33. The Morgan fingerprint density at radius 1 is 1.39 bits per heavy atom. The van der Waals surface area contributed by atoms with Crippen LogP contribution < -0.4 is 10.6 Å². The van der Waals surface area contributed by atoms with Crippen molar-refractivity contribution in [2.45, 2.75) is 58.4 Å². The number of ether oxygens (including phenoxy) is 1. The van der Waals surface area contributed by atoms with Crippen molar-refractivity contribution in [1.82, 2.24) is 0 Å². The molecular formula is C19H32N2O2. The van der Waals surface area contributed by atoms with E-state index in [0.29, 0.717) is 5.92 Å². The second-order valence-corrected chi connectivity index (χ2v) is 7.28. The Labute approximate surface area is 140 Å². The second kappa shape index (κ2) is 7.54. The van der Waals surface area contributed by atoms with Gasteiger partial charge in [-0.15, -0.1) is 0 Å². The molecule has 0 fully saturated rings. The number of hydrogen-bond acceptors (Lipinski definition) is 4. The number of nitrogens with two attached hydrogens (primary N) is 1. The van der Waals surface area contributed by atoms with Gasteiger partial charge < -0.3 is 20.5 Å². The Morgan fingerprint density at radius 3 is 2.78 bits per heavy atom. The Morgan fingerprint density at radius 2 is 2.13 bits per heavy atom. The average Bonchev–Trinajstić information content (AvgIpc) is 2.48. The van der Waals surface area contributed by atoms with Gasteiger partial charge in [-0.05, 0) is 63.3 Å². The van der Waals surface area contributed by atoms with Gasteiger partial charge in [0.2, 0.25) is 0 Å². The first kappa shape index (κ1) is 18.1. The van der Waals surface area contributed by atoms with Crippen molar-refractivity contribution in [3.05, 3.63) is 23.3 Å². The van der Waals surface area contributed by atoms with Gasteiger partial charge in [-0.3, -0.25) is 0 Å². The monoisotopic (exact) mass is 320 g/mol. The quantitative estimate of drug-likeness (QED) is 0.597. The van der Waals surface area contributed by atoms with Crippen molar-refractivity contribution in [2.24, 2.45) is 0 Å². The highest BCUT2D eigenvalue weighted by Gasteiger charge is 2.38. The summed E-state index contributed by atoms with van der Waals surface area (Å²) in [5.74, 6) is 0.375. The zero-order chi connectivity index (χ0) is 17.0. The number of aryl methyl sites for hydroxylation is 1. The molecule has 2 rings (SSSR count). The third-order valence-corrected chi connectivity index (χ3v) is 4.83. The molecule has 3 N–H and O–H groups in total. The predicted octanol–water partition coefficient (Wildman–Crippen LogP) is 3.46. The van der Waals surface area contributed by atoms with Crippen LogP contribution in [0.3, 0.4) is 0 Å². The molecule has 0 saturated carbocycles. The Kier molecular flexibility index (Phi) is 5.93. The number of anilines is 2. The fraction of sp³-hybridized carbons (Fsp3) is 0.684. The van der Waals surface area contributed by atoms with Crippen LogP contribution in [0.15, 0.2) is 12.1 Å². The molecule has 0 bridgehead atoms. The fourth-order valence-electron chi connectivity index (χ4n) is 3.61. The number of fused-ring (bicyclic) bond motifs is 1. The summed E-state index contributed by atoms with van der Waals surface area (Å²) < 4.78 is 5.86. The van der Waals surface area contributed by atoms with Crippen LogP contribution in [0.25, 0.3) is 0 Å². The first-order chi connectivity index (χ1) is 10.9. The zero-order valence-corrected chi connectivity index (χ0v) is 15.1. The summed E-state index contributed by atoms with van der Waals surface area (Å²) in [5.41, 5.74) is 10.7. The lowest BCUT2D eigenvalue weighted by Gasteiger charge is -2.48. The molecule has 1 aliphatic heterocycles. The van der Waals surface area contributed by atoms with E-state index in [2.05, 4.69) is 44.7 Å². The molecule has 130 valence electrons. The molecule has 1 aliphatic rings. The molecule has 0 amide bonds. The molecule has 1 atom stereocenters. The minimum atomic E-state index is 0.0466. The number of nitrogen functional groups attached to an aromatic ring is 1. The van der Waals surface area contributed by atoms with Gasteiger partial charge in [-0.1, -0.05) is 6.92 Å². The zero-order valence-electron chi connectivity index (χ0n) is 15.1. The van der Waals surface area contributed by atoms with Gasteiger partial charge in [0, 0.05) is 42.6 Å². The summed E-state index contributed by atoms with van der Waals surface area (Å²) >= 11 is 0. The summed E-state index contributed by atoms with van der Waals surface area (Å²) in [6.07, 6.45) is 2.86. The highest BCUT2D eigenvalue weighted by Crippen LogP contribution is 2.45. The molecule has 1 aromatic carbocycles. The average molecular weight is 320 g/mol. The smallest absolute Gasteiger partial charge is 0.0536 e. The largest absolute Gasteiger partial charge is 0.399 e. The minimum absolute atomic E-state index is 0.0466. The molecule has 4 heteroatoms. The Hall–Kier alpha value is -1.26. The van der Waals surface area contributed by atoms with Crippen LogP contribution in [0.1, 0.15) is 57.1 Å². The van der Waals surface area contributed by atoms with Gasteiger partial charge >= 0.3 is 0 Å². The summed E-state index contributed by atoms with van der Waals surface area (Å²) in [4.78, 5) is 2.43. The third kappa shape index (κ3) is 3.99. The summed E-state index contributed by atoms with van der Waals surface area (Å²) in [6.45, 7) is 11.4. The summed E-state index contributed by atoms with van der Waals surface area (Å²) in [7, 11) is 0. The molecule has 0 radical (unpaired) electrons. The molecule has 1 aromatic rings. The number of benzene rings is 1. The molecule has 1 unspecified atom stereocenters. The van der Waals surface area contributed by atoms with Crippen molar-refractivity contribution in [2.75, 3.05) is 37.0 Å². The van der Waals surface area contributed by atoms with Crippen LogP contribution in [0.5, 0.6) is 0 Å². The maximum atomic E-state index is 9.24. The fourth-order valence-corrected chi connectivity index (χ4v) is 3.61. The van der Waals surface area contributed by atoms with Gasteiger partial charge in [-0.2, -0.15) is 0 Å². The molecule has 1 heterocycles. The first-order valence-corrected chi connectivity index (χ1v) is 8.77. The second-order valence-electron chi connectivity index (χ2n) is 7.28. The SMILES string of the molecule is CCCOCC1CC(C)(C)N(CCCO)c2cc(C)c(N)cc21. The number of nitrogens with zero attached hydrogens (tertiary/aromatic N) is 1. The first-order valence-electron chi connectivity index (χ1n) is 8.77. The van der Waals surface area contributed by atoms with E-state index in [1.54, 1.807) is 0 Å². The Bertz CT molecular complexity index is 528. The molecule has 23 heavy (non-hydrogen) atoms. The maximum absolute atomic E-state index is 9.24. The van der Waals surface area contributed by atoms with Crippen molar-refractivity contribution in [1.29, 1.82) is 0 Å². The number of hydrogen-bond donors (Lipinski definition) is 2. The standard InChI is InChI=1S/C19H32N2O2/c1-5-9-23-13-15-12-19(3,4)21(7-6-8-22)18-10-14(2)17(20)11-16(15)18/h10-11,15,22H,5-9,12-13,20H2,1-4H3. The van der Waals surface area contributed by atoms with Crippen LogP contribution in [-0.2, 0) is 4.74 Å². The van der Waals surface area contributed by atoms with Crippen LogP contribution in [0, 0.1) is 6.92 Å². The lowest BCUT2D eigenvalue weighted by molar-refractivity contribution is 0.110. The maximum Gasteiger partial charge on any atom is 0.0536 e. The number of aliphatic hydroxyl groups excluding tert-OH is 1. The summed E-state index contributed by atoms with van der Waals surface area (Å²) in [5, 5.41) is 9.24. The highest BCUT2D eigenvalue weighted by molar-refractivity contribution is 5.67. The van der Waals surface area contributed by atoms with E-state index in [0.717, 1.165) is 50.3 Å². The van der Waals surface area contributed by atoms with E-state index < -0.39 is 0 Å². The normalized spacial score (nSPS) is 19.7. The molecule has 0 aliphatic carbocycles. The van der Waals surface area contributed by atoms with E-state index in [-0.39, 0.29) is 12.1 Å². The number of rotatable bonds is 7. The van der Waals surface area contributed by atoms with Crippen LogP contribution in [0.4, 0.5) is 11.4 Å². The van der Waals surface area contributed by atoms with E-state index in [1.807, 2.05) is 0 Å². The van der Waals surface area contributed by atoms with Crippen LogP contribution in [0.2, 0.25) is 0 Å². The van der Waals surface area contributed by atoms with Crippen molar-refractivity contribution in [3.63, 3.8) is 0 Å². The molecule has 0 spiro atoms. The Balaban J connectivity index is 2.38. The minimum Gasteiger partial charge on any atom is -0.399 e. The van der Waals surface area contributed by atoms with Gasteiger partial charge in [0.05, 0.1) is 6.61 Å². The molecular weight excluding hydrogens is 288 g/mol. The lowest BCUT2D eigenvalue weighted by atomic mass is 9.78. The topological polar surface area (TPSA) is 58.7 Å². The molecule has 4 nitrogen and oxygen atoms in total. The van der Waals surface area contributed by atoms with E-state index in [1.165, 1.54) is 11.3 Å². The van der Waals surface area contributed by atoms with Crippen molar-refractivity contribution < 1.29 is 9.84 Å². The molecule has 0 saturated heterocycles. The van der Waals surface area contributed by atoms with Crippen molar-refractivity contribution >= 4 is 11.4 Å². The van der Waals surface area contributed by atoms with Gasteiger partial charge in [0.15, 0.2) is 0 Å². The third-order valence-electron chi connectivity index (χ3n) is 4.83. The highest BCUT2D eigenvalue weighted by atomic mass is 16.5. The van der Waals surface area contributed by atoms with E-state index in [4.69, 9.17) is 10.5 Å². The van der Waals surface area contributed by atoms with E-state index in [9.17, 15) is 5.11 Å². The van der Waals surface area contributed by atoms with Crippen LogP contribution in [-0.4, -0.2) is 37.0 Å². The van der Waals surface area contributed by atoms with E-state index >= 15 is 0 Å².